The number of hydrogen-bond acceptors (Lipinski definition) is 10. The second-order valence-corrected chi connectivity index (χ2v) is 12.4. The fourth-order valence-electron chi connectivity index (χ4n) is 5.91. The number of phenolic OH excluding ortho intramolecular Hbond substituents is 2. The molecule has 12 heteroatoms. The van der Waals surface area contributed by atoms with E-state index in [1.807, 2.05) is 58.0 Å². The molecular weight excluding hydrogens is 636 g/mol. The highest BCUT2D eigenvalue weighted by atomic mass is 16.6. The molecule has 5 aromatic carbocycles. The Hall–Kier alpha value is -6.30. The summed E-state index contributed by atoms with van der Waals surface area (Å²) in [5.74, 6) is -0.256. The average Bonchev–Trinajstić information content (AvgIpc) is 3.08. The maximum absolute atomic E-state index is 11.4. The molecule has 0 aromatic heterocycles. The lowest BCUT2D eigenvalue weighted by Crippen LogP contribution is -2.03. The molecule has 2 atom stereocenters. The van der Waals surface area contributed by atoms with Crippen LogP contribution in [-0.2, 0) is 12.8 Å². The van der Waals surface area contributed by atoms with E-state index in [0.29, 0.717) is 24.0 Å². The first-order valence-electron chi connectivity index (χ1n) is 16.0. The van der Waals surface area contributed by atoms with E-state index < -0.39 is 9.85 Å². The van der Waals surface area contributed by atoms with Gasteiger partial charge in [0, 0.05) is 12.1 Å². The molecule has 0 heterocycles. The monoisotopic (exact) mass is 672 g/mol. The number of azo groups is 2. The van der Waals surface area contributed by atoms with Gasteiger partial charge in [0.2, 0.25) is 0 Å². The summed E-state index contributed by atoms with van der Waals surface area (Å²) >= 11 is 0. The number of benzene rings is 5. The van der Waals surface area contributed by atoms with E-state index in [1.165, 1.54) is 24.3 Å². The van der Waals surface area contributed by atoms with Crippen molar-refractivity contribution in [3.05, 3.63) is 151 Å². The van der Waals surface area contributed by atoms with E-state index in [9.17, 15) is 30.4 Å². The van der Waals surface area contributed by atoms with Crippen LogP contribution in [0.15, 0.2) is 118 Å². The summed E-state index contributed by atoms with van der Waals surface area (Å²) in [6, 6.07) is 27.4. The number of aryl methyl sites for hydroxylation is 2. The Labute approximate surface area is 288 Å². The normalized spacial score (nSPS) is 12.7. The molecule has 5 aromatic rings. The van der Waals surface area contributed by atoms with Crippen LogP contribution in [0, 0.1) is 34.1 Å². The Morgan fingerprint density at radius 2 is 0.940 bits per heavy atom. The van der Waals surface area contributed by atoms with Gasteiger partial charge >= 0.3 is 0 Å². The number of phenols is 2. The van der Waals surface area contributed by atoms with E-state index >= 15 is 0 Å². The summed E-state index contributed by atoms with van der Waals surface area (Å²) in [7, 11) is 0. The molecule has 0 saturated carbocycles. The Morgan fingerprint density at radius 1 is 0.560 bits per heavy atom. The van der Waals surface area contributed by atoms with Crippen LogP contribution in [0.4, 0.5) is 34.1 Å². The number of nitro benzene ring substituents is 2. The van der Waals surface area contributed by atoms with E-state index in [1.54, 1.807) is 36.4 Å². The first-order valence-corrected chi connectivity index (χ1v) is 16.0. The first kappa shape index (κ1) is 35.0. The zero-order valence-electron chi connectivity index (χ0n) is 28.0. The minimum absolute atomic E-state index is 0.0278. The van der Waals surface area contributed by atoms with Crippen molar-refractivity contribution in [3.63, 3.8) is 0 Å². The van der Waals surface area contributed by atoms with Crippen molar-refractivity contribution in [1.82, 2.24) is 0 Å². The molecule has 0 saturated heterocycles. The van der Waals surface area contributed by atoms with Crippen LogP contribution in [0.5, 0.6) is 11.5 Å². The third kappa shape index (κ3) is 8.21. The maximum atomic E-state index is 11.4. The number of rotatable bonds is 12. The van der Waals surface area contributed by atoms with Crippen molar-refractivity contribution >= 4 is 34.1 Å². The molecule has 0 aliphatic carbocycles. The van der Waals surface area contributed by atoms with Gasteiger partial charge in [0.1, 0.15) is 22.9 Å². The van der Waals surface area contributed by atoms with Crippen LogP contribution in [0.1, 0.15) is 59.1 Å². The minimum atomic E-state index is -0.524. The topological polar surface area (TPSA) is 176 Å². The van der Waals surface area contributed by atoms with Crippen LogP contribution in [-0.4, -0.2) is 20.1 Å². The fourth-order valence-corrected chi connectivity index (χ4v) is 5.91. The lowest BCUT2D eigenvalue weighted by molar-refractivity contribution is -0.384. The Morgan fingerprint density at radius 3 is 1.34 bits per heavy atom. The summed E-state index contributed by atoms with van der Waals surface area (Å²) in [5.41, 5.74) is 5.51. The van der Waals surface area contributed by atoms with E-state index in [-0.39, 0.29) is 57.5 Å². The van der Waals surface area contributed by atoms with Crippen LogP contribution < -0.4 is 0 Å². The molecule has 0 spiro atoms. The zero-order valence-corrected chi connectivity index (χ0v) is 28.0. The highest BCUT2D eigenvalue weighted by Crippen LogP contribution is 2.41. The van der Waals surface area contributed by atoms with Gasteiger partial charge in [-0.3, -0.25) is 20.2 Å². The molecule has 50 heavy (non-hydrogen) atoms. The number of hydrogen-bond donors (Lipinski definition) is 2. The van der Waals surface area contributed by atoms with Crippen molar-refractivity contribution in [2.45, 2.75) is 52.4 Å². The largest absolute Gasteiger partial charge is 0.505 e. The molecule has 0 amide bonds. The van der Waals surface area contributed by atoms with Crippen molar-refractivity contribution in [3.8, 4) is 11.5 Å². The average molecular weight is 673 g/mol. The number of nitrogens with zero attached hydrogens (tertiary/aromatic N) is 6. The number of nitro groups is 2. The van der Waals surface area contributed by atoms with Crippen LogP contribution in [0.3, 0.4) is 0 Å². The molecule has 5 rings (SSSR count). The van der Waals surface area contributed by atoms with E-state index in [0.717, 1.165) is 22.3 Å². The molecule has 254 valence electrons. The standard InChI is InChI=1S/C38H36N6O6/c1-23-16-29(37(45)33(18-23)41-39-31-12-5-7-14-35(31)43(47)48)25(3)20-27-10-9-11-28(22-27)21-26(4)30-17-24(2)19-34(38(30)46)42-40-32-13-6-8-15-36(32)44(49)50/h5-19,22,25-26,45-46H,20-21H2,1-4H3. The van der Waals surface area contributed by atoms with Gasteiger partial charge in [-0.25, -0.2) is 0 Å². The SMILES string of the molecule is Cc1cc(N=Nc2ccccc2[N+](=O)[O-])c(O)c(C(C)Cc2cccc(CC(C)c3cc(C)cc(N=Nc4ccccc4[N+](=O)[O-])c3O)c2)c1. The summed E-state index contributed by atoms with van der Waals surface area (Å²) in [5, 5.41) is 61.6. The molecule has 0 aliphatic heterocycles. The molecule has 0 radical (unpaired) electrons. The first-order chi connectivity index (χ1) is 23.9. The van der Waals surface area contributed by atoms with Crippen LogP contribution in [0.25, 0.3) is 0 Å². The molecule has 2 N–H and O–H groups in total. The van der Waals surface area contributed by atoms with Crippen molar-refractivity contribution in [1.29, 1.82) is 0 Å². The van der Waals surface area contributed by atoms with Crippen molar-refractivity contribution < 1.29 is 20.1 Å². The van der Waals surface area contributed by atoms with E-state index in [4.69, 9.17) is 0 Å². The maximum Gasteiger partial charge on any atom is 0.296 e. The summed E-state index contributed by atoms with van der Waals surface area (Å²) in [6.45, 7) is 7.80. The highest BCUT2D eigenvalue weighted by molar-refractivity contribution is 5.62. The smallest absolute Gasteiger partial charge is 0.296 e. The van der Waals surface area contributed by atoms with Gasteiger partial charge < -0.3 is 10.2 Å². The highest BCUT2D eigenvalue weighted by Gasteiger charge is 2.19. The molecule has 0 aliphatic rings. The van der Waals surface area contributed by atoms with Crippen molar-refractivity contribution in [2.75, 3.05) is 0 Å². The third-order valence-corrected chi connectivity index (χ3v) is 8.35. The fraction of sp³-hybridized carbons (Fsp3) is 0.211. The summed E-state index contributed by atoms with van der Waals surface area (Å²) < 4.78 is 0. The Balaban J connectivity index is 1.33. The second kappa shape index (κ2) is 15.3. The number of aromatic hydroxyl groups is 2. The summed E-state index contributed by atoms with van der Waals surface area (Å²) in [6.07, 6.45) is 1.23. The van der Waals surface area contributed by atoms with Crippen LogP contribution in [0.2, 0.25) is 0 Å². The predicted octanol–water partition coefficient (Wildman–Crippen LogP) is 11.1. The predicted molar refractivity (Wildman–Crippen MR) is 191 cm³/mol. The van der Waals surface area contributed by atoms with Gasteiger partial charge in [0.05, 0.1) is 9.85 Å². The molecule has 2 unspecified atom stereocenters. The summed E-state index contributed by atoms with van der Waals surface area (Å²) in [4.78, 5) is 21.7. The Kier molecular flexibility index (Phi) is 10.7. The van der Waals surface area contributed by atoms with Gasteiger partial charge in [0.15, 0.2) is 11.4 Å². The second-order valence-electron chi connectivity index (χ2n) is 12.4. The zero-order chi connectivity index (χ0) is 35.9. The van der Waals surface area contributed by atoms with Gasteiger partial charge in [-0.05, 0) is 96.2 Å². The van der Waals surface area contributed by atoms with E-state index in [2.05, 4.69) is 26.5 Å². The third-order valence-electron chi connectivity index (χ3n) is 8.35. The lowest BCUT2D eigenvalue weighted by atomic mass is 9.88. The molecule has 0 bridgehead atoms. The molecule has 0 fully saturated rings. The van der Waals surface area contributed by atoms with Gasteiger partial charge in [0.25, 0.3) is 11.4 Å². The quantitative estimate of drug-likeness (QED) is 0.0756. The van der Waals surface area contributed by atoms with Gasteiger partial charge in [-0.2, -0.15) is 0 Å². The van der Waals surface area contributed by atoms with Gasteiger partial charge in [-0.15, -0.1) is 20.5 Å². The molecule has 12 nitrogen and oxygen atoms in total. The van der Waals surface area contributed by atoms with Crippen LogP contribution >= 0.6 is 0 Å². The minimum Gasteiger partial charge on any atom is -0.505 e. The number of para-hydroxylation sites is 2. The Bertz CT molecular complexity index is 1980. The van der Waals surface area contributed by atoms with Gasteiger partial charge in [-0.1, -0.05) is 74.5 Å². The molecular formula is C38H36N6O6. The lowest BCUT2D eigenvalue weighted by Gasteiger charge is -2.18. The van der Waals surface area contributed by atoms with Crippen molar-refractivity contribution in [2.24, 2.45) is 20.5 Å².